The standard InChI is InChI=1S/C18H24N2O3/c1-4-16(21)20-12-7-10-18(20,3)17(22)19-11-13-23-15-9-6-5-8-14(15)2/h4-6,8-9H,1,7,10-13H2,2-3H3,(H,19,22). The van der Waals surface area contributed by atoms with Crippen molar-refractivity contribution < 1.29 is 14.3 Å². The smallest absolute Gasteiger partial charge is 0.246 e. The highest BCUT2D eigenvalue weighted by Gasteiger charge is 2.44. The second-order valence-corrected chi connectivity index (χ2v) is 5.94. The SMILES string of the molecule is C=CC(=O)N1CCCC1(C)C(=O)NCCOc1ccccc1C. The Balaban J connectivity index is 1.86. The summed E-state index contributed by atoms with van der Waals surface area (Å²) in [6.45, 7) is 8.67. The number of benzene rings is 1. The minimum Gasteiger partial charge on any atom is -0.491 e. The summed E-state index contributed by atoms with van der Waals surface area (Å²) in [6, 6.07) is 7.75. The molecule has 0 aliphatic carbocycles. The molecule has 1 fully saturated rings. The van der Waals surface area contributed by atoms with Crippen molar-refractivity contribution in [2.75, 3.05) is 19.7 Å². The van der Waals surface area contributed by atoms with Crippen molar-refractivity contribution in [2.45, 2.75) is 32.2 Å². The van der Waals surface area contributed by atoms with E-state index in [0.717, 1.165) is 17.7 Å². The number of aryl methyl sites for hydroxylation is 1. The number of carbonyl (C=O) groups excluding carboxylic acids is 2. The second kappa shape index (κ2) is 7.31. The normalized spacial score (nSPS) is 20.2. The molecular formula is C18H24N2O3. The van der Waals surface area contributed by atoms with Gasteiger partial charge in [-0.3, -0.25) is 9.59 Å². The summed E-state index contributed by atoms with van der Waals surface area (Å²) < 4.78 is 5.67. The molecule has 0 aromatic heterocycles. The zero-order valence-electron chi connectivity index (χ0n) is 13.8. The Bertz CT molecular complexity index is 600. The Morgan fingerprint density at radius 2 is 2.17 bits per heavy atom. The van der Waals surface area contributed by atoms with Crippen LogP contribution < -0.4 is 10.1 Å². The molecule has 1 unspecified atom stereocenters. The summed E-state index contributed by atoms with van der Waals surface area (Å²) in [6.07, 6.45) is 2.75. The number of likely N-dealkylation sites (tertiary alicyclic amines) is 1. The highest BCUT2D eigenvalue weighted by molar-refractivity contribution is 5.95. The van der Waals surface area contributed by atoms with Gasteiger partial charge >= 0.3 is 0 Å². The van der Waals surface area contributed by atoms with Crippen LogP contribution in [0.4, 0.5) is 0 Å². The summed E-state index contributed by atoms with van der Waals surface area (Å²) in [4.78, 5) is 26.0. The van der Waals surface area contributed by atoms with E-state index in [-0.39, 0.29) is 11.8 Å². The van der Waals surface area contributed by atoms with Crippen molar-refractivity contribution in [1.82, 2.24) is 10.2 Å². The largest absolute Gasteiger partial charge is 0.491 e. The average Bonchev–Trinajstić information content (AvgIpc) is 2.95. The molecular weight excluding hydrogens is 292 g/mol. The number of para-hydroxylation sites is 1. The van der Waals surface area contributed by atoms with E-state index in [1.54, 1.807) is 11.8 Å². The first-order valence-electron chi connectivity index (χ1n) is 7.90. The number of ether oxygens (including phenoxy) is 1. The molecule has 5 nitrogen and oxygen atoms in total. The van der Waals surface area contributed by atoms with Crippen LogP contribution in [0.5, 0.6) is 5.75 Å². The Hall–Kier alpha value is -2.30. The molecule has 23 heavy (non-hydrogen) atoms. The molecule has 0 saturated carbocycles. The maximum atomic E-state index is 12.5. The molecule has 0 bridgehead atoms. The molecule has 1 aliphatic rings. The van der Waals surface area contributed by atoms with Gasteiger partial charge in [-0.25, -0.2) is 0 Å². The average molecular weight is 316 g/mol. The number of carbonyl (C=O) groups is 2. The fourth-order valence-electron chi connectivity index (χ4n) is 2.90. The van der Waals surface area contributed by atoms with Gasteiger partial charge in [-0.15, -0.1) is 0 Å². The van der Waals surface area contributed by atoms with E-state index in [2.05, 4.69) is 11.9 Å². The van der Waals surface area contributed by atoms with E-state index in [1.165, 1.54) is 6.08 Å². The maximum Gasteiger partial charge on any atom is 0.246 e. The summed E-state index contributed by atoms with van der Waals surface area (Å²) in [7, 11) is 0. The maximum absolute atomic E-state index is 12.5. The number of hydrogen-bond acceptors (Lipinski definition) is 3. The predicted molar refractivity (Wildman–Crippen MR) is 89.2 cm³/mol. The summed E-state index contributed by atoms with van der Waals surface area (Å²) in [5, 5.41) is 2.87. The molecule has 1 aromatic carbocycles. The minimum atomic E-state index is -0.798. The molecule has 5 heteroatoms. The van der Waals surface area contributed by atoms with E-state index in [0.29, 0.717) is 26.1 Å². The van der Waals surface area contributed by atoms with Crippen molar-refractivity contribution in [3.05, 3.63) is 42.5 Å². The second-order valence-electron chi connectivity index (χ2n) is 5.94. The molecule has 1 saturated heterocycles. The van der Waals surface area contributed by atoms with E-state index in [1.807, 2.05) is 31.2 Å². The summed E-state index contributed by atoms with van der Waals surface area (Å²) in [5.41, 5.74) is 0.262. The molecule has 1 heterocycles. The van der Waals surface area contributed by atoms with Gasteiger partial charge in [-0.2, -0.15) is 0 Å². The van der Waals surface area contributed by atoms with Crippen LogP contribution >= 0.6 is 0 Å². The predicted octanol–water partition coefficient (Wildman–Crippen LogP) is 2.06. The van der Waals surface area contributed by atoms with Crippen molar-refractivity contribution in [3.63, 3.8) is 0 Å². The van der Waals surface area contributed by atoms with Crippen LogP contribution in [0.3, 0.4) is 0 Å². The third kappa shape index (κ3) is 3.73. The molecule has 0 spiro atoms. The first-order chi connectivity index (χ1) is 11.0. The van der Waals surface area contributed by atoms with Crippen LogP contribution in [0.2, 0.25) is 0 Å². The van der Waals surface area contributed by atoms with E-state index in [4.69, 9.17) is 4.74 Å². The summed E-state index contributed by atoms with van der Waals surface area (Å²) >= 11 is 0. The van der Waals surface area contributed by atoms with Gasteiger partial charge in [-0.1, -0.05) is 24.8 Å². The molecule has 2 amide bonds. The molecule has 1 N–H and O–H groups in total. The lowest BCUT2D eigenvalue weighted by atomic mass is 9.97. The fraction of sp³-hybridized carbons (Fsp3) is 0.444. The number of rotatable bonds is 6. The lowest BCUT2D eigenvalue weighted by Gasteiger charge is -2.33. The molecule has 1 aromatic rings. The highest BCUT2D eigenvalue weighted by atomic mass is 16.5. The van der Waals surface area contributed by atoms with Crippen LogP contribution in [0.1, 0.15) is 25.3 Å². The number of nitrogens with zero attached hydrogens (tertiary/aromatic N) is 1. The third-order valence-corrected chi connectivity index (χ3v) is 4.31. The zero-order chi connectivity index (χ0) is 16.9. The van der Waals surface area contributed by atoms with Gasteiger partial charge in [0.2, 0.25) is 11.8 Å². The quantitative estimate of drug-likeness (QED) is 0.645. The monoisotopic (exact) mass is 316 g/mol. The first-order valence-corrected chi connectivity index (χ1v) is 7.90. The van der Waals surface area contributed by atoms with Crippen LogP contribution in [0, 0.1) is 6.92 Å². The van der Waals surface area contributed by atoms with Gasteiger partial charge in [-0.05, 0) is 44.4 Å². The third-order valence-electron chi connectivity index (χ3n) is 4.31. The fourth-order valence-corrected chi connectivity index (χ4v) is 2.90. The zero-order valence-corrected chi connectivity index (χ0v) is 13.8. The molecule has 0 radical (unpaired) electrons. The van der Waals surface area contributed by atoms with Gasteiger partial charge in [0.1, 0.15) is 17.9 Å². The van der Waals surface area contributed by atoms with E-state index >= 15 is 0 Å². The van der Waals surface area contributed by atoms with Crippen molar-refractivity contribution in [1.29, 1.82) is 0 Å². The molecule has 1 aliphatic heterocycles. The lowest BCUT2D eigenvalue weighted by Crippen LogP contribution is -2.55. The number of hydrogen-bond donors (Lipinski definition) is 1. The molecule has 1 atom stereocenters. The van der Waals surface area contributed by atoms with Gasteiger partial charge < -0.3 is 15.0 Å². The van der Waals surface area contributed by atoms with Crippen molar-refractivity contribution >= 4 is 11.8 Å². The minimum absolute atomic E-state index is 0.140. The van der Waals surface area contributed by atoms with Crippen LogP contribution in [0.15, 0.2) is 36.9 Å². The van der Waals surface area contributed by atoms with Crippen LogP contribution in [-0.2, 0) is 9.59 Å². The molecule has 2 rings (SSSR count). The Labute approximate surface area is 137 Å². The van der Waals surface area contributed by atoms with Gasteiger partial charge in [0, 0.05) is 6.54 Å². The number of amides is 2. The van der Waals surface area contributed by atoms with Crippen LogP contribution in [-0.4, -0.2) is 41.9 Å². The van der Waals surface area contributed by atoms with E-state index < -0.39 is 5.54 Å². The van der Waals surface area contributed by atoms with Gasteiger partial charge in [0.25, 0.3) is 0 Å². The summed E-state index contributed by atoms with van der Waals surface area (Å²) in [5.74, 6) is 0.479. The Kier molecular flexibility index (Phi) is 5.42. The lowest BCUT2D eigenvalue weighted by molar-refractivity contribution is -0.141. The first kappa shape index (κ1) is 17.1. The van der Waals surface area contributed by atoms with Crippen LogP contribution in [0.25, 0.3) is 0 Å². The van der Waals surface area contributed by atoms with Gasteiger partial charge in [0.15, 0.2) is 0 Å². The van der Waals surface area contributed by atoms with E-state index in [9.17, 15) is 9.59 Å². The highest BCUT2D eigenvalue weighted by Crippen LogP contribution is 2.29. The topological polar surface area (TPSA) is 58.6 Å². The Morgan fingerprint density at radius 3 is 2.87 bits per heavy atom. The van der Waals surface area contributed by atoms with Gasteiger partial charge in [0.05, 0.1) is 6.54 Å². The van der Waals surface area contributed by atoms with Crippen molar-refractivity contribution in [2.24, 2.45) is 0 Å². The Morgan fingerprint density at radius 1 is 1.43 bits per heavy atom. The van der Waals surface area contributed by atoms with Crippen molar-refractivity contribution in [3.8, 4) is 5.75 Å². The molecule has 124 valence electrons. The number of nitrogens with one attached hydrogen (secondary N) is 1.